The molecule has 1 aromatic rings. The minimum Gasteiger partial charge on any atom is -0.488 e. The second kappa shape index (κ2) is 10.6. The van der Waals surface area contributed by atoms with E-state index in [2.05, 4.69) is 16.3 Å². The highest BCUT2D eigenvalue weighted by Crippen LogP contribution is 2.27. The number of ether oxygens (including phenoxy) is 1. The SMILES string of the molecule is CN(CC(=O)O)C1CCCN(CC(=O)NCC2Cc3ccccc3O2)CC1.Cl. The highest BCUT2D eigenvalue weighted by Gasteiger charge is 2.25. The average Bonchev–Trinajstić information content (AvgIpc) is 2.90. The molecule has 2 aliphatic heterocycles. The van der Waals surface area contributed by atoms with Gasteiger partial charge in [-0.25, -0.2) is 0 Å². The number of likely N-dealkylation sites (tertiary alicyclic amines) is 1. The van der Waals surface area contributed by atoms with Crippen LogP contribution in [0.1, 0.15) is 24.8 Å². The number of likely N-dealkylation sites (N-methyl/N-ethyl adjacent to an activating group) is 1. The summed E-state index contributed by atoms with van der Waals surface area (Å²) in [4.78, 5) is 27.3. The topological polar surface area (TPSA) is 82.1 Å². The van der Waals surface area contributed by atoms with Crippen molar-refractivity contribution in [2.75, 3.05) is 39.8 Å². The Morgan fingerprint density at radius 3 is 2.82 bits per heavy atom. The van der Waals surface area contributed by atoms with Gasteiger partial charge in [-0.05, 0) is 44.5 Å². The summed E-state index contributed by atoms with van der Waals surface area (Å²) in [7, 11) is 1.86. The van der Waals surface area contributed by atoms with Crippen LogP contribution in [0.15, 0.2) is 24.3 Å². The quantitative estimate of drug-likeness (QED) is 0.705. The minimum absolute atomic E-state index is 0. The van der Waals surface area contributed by atoms with E-state index < -0.39 is 5.97 Å². The number of nitrogens with zero attached hydrogens (tertiary/aromatic N) is 2. The van der Waals surface area contributed by atoms with E-state index in [1.54, 1.807) is 0 Å². The molecule has 7 nitrogen and oxygen atoms in total. The fraction of sp³-hybridized carbons (Fsp3) is 0.600. The third kappa shape index (κ3) is 6.36. The van der Waals surface area contributed by atoms with Gasteiger partial charge in [0.25, 0.3) is 0 Å². The van der Waals surface area contributed by atoms with Crippen LogP contribution in [0, 0.1) is 0 Å². The standard InChI is InChI=1S/C20H29N3O4.ClH/c1-22(14-20(25)26)16-6-4-9-23(10-8-16)13-19(24)21-12-17-11-15-5-2-3-7-18(15)27-17;/h2-3,5,7,16-17H,4,6,8-14H2,1H3,(H,21,24)(H,25,26);1H. The first-order chi connectivity index (χ1) is 13.0. The number of hydrogen-bond donors (Lipinski definition) is 2. The zero-order valence-corrected chi connectivity index (χ0v) is 17.1. The normalized spacial score (nSPS) is 21.9. The van der Waals surface area contributed by atoms with Crippen LogP contribution in [-0.4, -0.2) is 78.7 Å². The lowest BCUT2D eigenvalue weighted by atomic mass is 10.1. The lowest BCUT2D eigenvalue weighted by Crippen LogP contribution is -2.42. The van der Waals surface area contributed by atoms with Gasteiger partial charge in [0.05, 0.1) is 19.6 Å². The van der Waals surface area contributed by atoms with Gasteiger partial charge in [0, 0.05) is 19.0 Å². The Balaban J connectivity index is 0.00000280. The molecule has 0 aliphatic carbocycles. The Labute approximate surface area is 172 Å². The van der Waals surface area contributed by atoms with Gasteiger partial charge in [-0.3, -0.25) is 19.4 Å². The number of para-hydroxylation sites is 1. The van der Waals surface area contributed by atoms with Crippen LogP contribution in [0.5, 0.6) is 5.75 Å². The lowest BCUT2D eigenvalue weighted by molar-refractivity contribution is -0.138. The molecule has 8 heteroatoms. The minimum atomic E-state index is -0.797. The maximum absolute atomic E-state index is 12.3. The smallest absolute Gasteiger partial charge is 0.317 e. The van der Waals surface area contributed by atoms with E-state index in [0.717, 1.165) is 44.5 Å². The molecule has 156 valence electrons. The monoisotopic (exact) mass is 411 g/mol. The van der Waals surface area contributed by atoms with Gasteiger partial charge in [-0.2, -0.15) is 0 Å². The molecule has 3 rings (SSSR count). The fourth-order valence-electron chi connectivity index (χ4n) is 3.93. The Morgan fingerprint density at radius 2 is 2.07 bits per heavy atom. The molecule has 0 radical (unpaired) electrons. The molecule has 2 aliphatic rings. The number of carboxylic acids is 1. The molecule has 0 bridgehead atoms. The van der Waals surface area contributed by atoms with Crippen LogP contribution < -0.4 is 10.1 Å². The van der Waals surface area contributed by atoms with E-state index in [9.17, 15) is 9.59 Å². The van der Waals surface area contributed by atoms with Crippen LogP contribution in [0.2, 0.25) is 0 Å². The van der Waals surface area contributed by atoms with Crippen molar-refractivity contribution in [2.45, 2.75) is 37.8 Å². The molecule has 2 N–H and O–H groups in total. The number of carboxylic acid groups (broad SMARTS) is 1. The van der Waals surface area contributed by atoms with Crippen LogP contribution >= 0.6 is 12.4 Å². The average molecular weight is 412 g/mol. The highest BCUT2D eigenvalue weighted by molar-refractivity contribution is 5.85. The predicted octanol–water partition coefficient (Wildman–Crippen LogP) is 1.40. The third-order valence-electron chi connectivity index (χ3n) is 5.41. The number of amides is 1. The summed E-state index contributed by atoms with van der Waals surface area (Å²) in [5.41, 5.74) is 1.20. The van der Waals surface area contributed by atoms with E-state index in [4.69, 9.17) is 9.84 Å². The van der Waals surface area contributed by atoms with E-state index in [1.807, 2.05) is 30.1 Å². The summed E-state index contributed by atoms with van der Waals surface area (Å²) in [6.07, 6.45) is 3.67. The maximum Gasteiger partial charge on any atom is 0.317 e. The number of halogens is 1. The number of carbonyl (C=O) groups excluding carboxylic acids is 1. The predicted molar refractivity (Wildman–Crippen MR) is 109 cm³/mol. The molecule has 1 fully saturated rings. The van der Waals surface area contributed by atoms with Gasteiger partial charge in [0.15, 0.2) is 0 Å². The van der Waals surface area contributed by atoms with Crippen molar-refractivity contribution in [1.82, 2.24) is 15.1 Å². The Kier molecular flexibility index (Phi) is 8.54. The van der Waals surface area contributed by atoms with E-state index in [1.165, 1.54) is 5.56 Å². The summed E-state index contributed by atoms with van der Waals surface area (Å²) in [5.74, 6) is 0.141. The number of aliphatic carboxylic acids is 1. The number of nitrogens with one attached hydrogen (secondary N) is 1. The van der Waals surface area contributed by atoms with Crippen molar-refractivity contribution in [3.05, 3.63) is 29.8 Å². The maximum atomic E-state index is 12.3. The molecule has 2 atom stereocenters. The van der Waals surface area contributed by atoms with Gasteiger partial charge in [0.2, 0.25) is 5.91 Å². The largest absolute Gasteiger partial charge is 0.488 e. The number of benzene rings is 1. The van der Waals surface area contributed by atoms with Crippen molar-refractivity contribution < 1.29 is 19.4 Å². The van der Waals surface area contributed by atoms with Gasteiger partial charge in [-0.1, -0.05) is 18.2 Å². The van der Waals surface area contributed by atoms with Crippen molar-refractivity contribution in [3.63, 3.8) is 0 Å². The van der Waals surface area contributed by atoms with Gasteiger partial charge < -0.3 is 15.2 Å². The molecule has 1 saturated heterocycles. The third-order valence-corrected chi connectivity index (χ3v) is 5.41. The molecule has 28 heavy (non-hydrogen) atoms. The Hall–Kier alpha value is -1.83. The van der Waals surface area contributed by atoms with E-state index in [0.29, 0.717) is 13.1 Å². The molecule has 2 unspecified atom stereocenters. The summed E-state index contributed by atoms with van der Waals surface area (Å²) < 4.78 is 5.86. The molecule has 2 heterocycles. The fourth-order valence-corrected chi connectivity index (χ4v) is 3.93. The second-order valence-electron chi connectivity index (χ2n) is 7.53. The van der Waals surface area contributed by atoms with Crippen molar-refractivity contribution >= 4 is 24.3 Å². The molecule has 0 saturated carbocycles. The van der Waals surface area contributed by atoms with Gasteiger partial charge >= 0.3 is 5.97 Å². The number of rotatable bonds is 7. The number of carbonyl (C=O) groups is 2. The molecule has 1 amide bonds. The van der Waals surface area contributed by atoms with Crippen LogP contribution in [0.4, 0.5) is 0 Å². The zero-order chi connectivity index (χ0) is 19.2. The summed E-state index contributed by atoms with van der Waals surface area (Å²) in [5, 5.41) is 11.9. The van der Waals surface area contributed by atoms with Gasteiger partial charge in [-0.15, -0.1) is 12.4 Å². The number of fused-ring (bicyclic) bond motifs is 1. The van der Waals surface area contributed by atoms with Crippen LogP contribution in [0.25, 0.3) is 0 Å². The first kappa shape index (κ1) is 22.5. The molecular weight excluding hydrogens is 382 g/mol. The number of hydrogen-bond acceptors (Lipinski definition) is 5. The first-order valence-electron chi connectivity index (χ1n) is 9.67. The molecule has 1 aromatic carbocycles. The van der Waals surface area contributed by atoms with E-state index >= 15 is 0 Å². The van der Waals surface area contributed by atoms with Crippen molar-refractivity contribution in [3.8, 4) is 5.75 Å². The lowest BCUT2D eigenvalue weighted by Gasteiger charge is -2.25. The summed E-state index contributed by atoms with van der Waals surface area (Å²) in [6.45, 7) is 2.65. The highest BCUT2D eigenvalue weighted by atomic mass is 35.5. The Bertz CT molecular complexity index is 648. The van der Waals surface area contributed by atoms with Crippen LogP contribution in [0.3, 0.4) is 0 Å². The van der Waals surface area contributed by atoms with E-state index in [-0.39, 0.29) is 37.0 Å². The molecular formula is C20H30ClN3O4. The van der Waals surface area contributed by atoms with Crippen molar-refractivity contribution in [2.24, 2.45) is 0 Å². The second-order valence-corrected chi connectivity index (χ2v) is 7.53. The summed E-state index contributed by atoms with van der Waals surface area (Å²) >= 11 is 0. The zero-order valence-electron chi connectivity index (χ0n) is 16.3. The Morgan fingerprint density at radius 1 is 1.29 bits per heavy atom. The van der Waals surface area contributed by atoms with Gasteiger partial charge in [0.1, 0.15) is 11.9 Å². The summed E-state index contributed by atoms with van der Waals surface area (Å²) in [6, 6.07) is 8.25. The molecule has 0 aromatic heterocycles. The van der Waals surface area contributed by atoms with Crippen LogP contribution in [-0.2, 0) is 16.0 Å². The first-order valence-corrected chi connectivity index (χ1v) is 9.67. The molecule has 0 spiro atoms. The van der Waals surface area contributed by atoms with Crippen molar-refractivity contribution in [1.29, 1.82) is 0 Å².